The van der Waals surface area contributed by atoms with Gasteiger partial charge in [-0.25, -0.2) is 4.79 Å². The van der Waals surface area contributed by atoms with Gasteiger partial charge in [-0.2, -0.15) is 0 Å². The Labute approximate surface area is 115 Å². The molecule has 0 fully saturated rings. The first kappa shape index (κ1) is 14.1. The molecule has 20 heavy (non-hydrogen) atoms. The largest absolute Gasteiger partial charge is 0.493 e. The summed E-state index contributed by atoms with van der Waals surface area (Å²) in [4.78, 5) is 22.6. The molecule has 0 radical (unpaired) electrons. The predicted molar refractivity (Wildman–Crippen MR) is 74.3 cm³/mol. The molecule has 1 N–H and O–H groups in total. The summed E-state index contributed by atoms with van der Waals surface area (Å²) in [7, 11) is 0. The maximum atomic E-state index is 11.8. The third-order valence-electron chi connectivity index (χ3n) is 3.06. The van der Waals surface area contributed by atoms with Gasteiger partial charge < -0.3 is 14.3 Å². The van der Waals surface area contributed by atoms with Gasteiger partial charge in [-0.15, -0.1) is 0 Å². The van der Waals surface area contributed by atoms with Crippen molar-refractivity contribution in [3.63, 3.8) is 0 Å². The number of aliphatic carboxylic acids is 1. The van der Waals surface area contributed by atoms with Crippen molar-refractivity contribution in [1.82, 2.24) is 0 Å². The fourth-order valence-electron chi connectivity index (χ4n) is 2.04. The zero-order chi connectivity index (χ0) is 14.7. The van der Waals surface area contributed by atoms with E-state index in [0.717, 1.165) is 11.8 Å². The van der Waals surface area contributed by atoms with Gasteiger partial charge in [0.1, 0.15) is 11.3 Å². The Morgan fingerprint density at radius 2 is 2.15 bits per heavy atom. The second-order valence-corrected chi connectivity index (χ2v) is 4.57. The molecule has 1 aromatic heterocycles. The molecule has 0 aliphatic heterocycles. The van der Waals surface area contributed by atoms with Crippen molar-refractivity contribution in [3.05, 3.63) is 39.7 Å². The number of fused-ring (bicyclic) bond motifs is 1. The van der Waals surface area contributed by atoms with E-state index in [-0.39, 0.29) is 12.0 Å². The Hall–Kier alpha value is -2.30. The van der Waals surface area contributed by atoms with Crippen LogP contribution in [0.3, 0.4) is 0 Å². The minimum atomic E-state index is -1.05. The molecule has 1 heterocycles. The van der Waals surface area contributed by atoms with Crippen molar-refractivity contribution in [3.8, 4) is 5.75 Å². The summed E-state index contributed by atoms with van der Waals surface area (Å²) in [5.41, 5.74) is 0.633. The predicted octanol–water partition coefficient (Wildman–Crippen LogP) is 2.52. The third kappa shape index (κ3) is 2.82. The Bertz CT molecular complexity index is 699. The Balaban J connectivity index is 2.52. The summed E-state index contributed by atoms with van der Waals surface area (Å²) < 4.78 is 10.7. The number of carbonyl (C=O) groups is 1. The van der Waals surface area contributed by atoms with Crippen molar-refractivity contribution in [2.24, 2.45) is 0 Å². The SMILES string of the molecule is CCCOc1ccc2c(C)c(CC(=O)O)c(=O)oc2c1. The van der Waals surface area contributed by atoms with Crippen molar-refractivity contribution >= 4 is 16.9 Å². The van der Waals surface area contributed by atoms with Crippen LogP contribution in [-0.2, 0) is 11.2 Å². The molecule has 1 aromatic carbocycles. The zero-order valence-electron chi connectivity index (χ0n) is 11.4. The molecule has 0 unspecified atom stereocenters. The lowest BCUT2D eigenvalue weighted by molar-refractivity contribution is -0.136. The van der Waals surface area contributed by atoms with Gasteiger partial charge in [-0.05, 0) is 31.0 Å². The van der Waals surface area contributed by atoms with E-state index in [1.165, 1.54) is 0 Å². The van der Waals surface area contributed by atoms with E-state index in [1.54, 1.807) is 25.1 Å². The Morgan fingerprint density at radius 1 is 1.40 bits per heavy atom. The molecular formula is C15H16O5. The Morgan fingerprint density at radius 3 is 2.80 bits per heavy atom. The highest BCUT2D eigenvalue weighted by Crippen LogP contribution is 2.24. The van der Waals surface area contributed by atoms with E-state index in [2.05, 4.69) is 0 Å². The first-order valence-corrected chi connectivity index (χ1v) is 6.44. The van der Waals surface area contributed by atoms with Crippen LogP contribution in [0.2, 0.25) is 0 Å². The van der Waals surface area contributed by atoms with Crippen LogP contribution in [0.5, 0.6) is 5.75 Å². The first-order chi connectivity index (χ1) is 9.52. The van der Waals surface area contributed by atoms with Gasteiger partial charge in [-0.3, -0.25) is 4.79 Å². The second-order valence-electron chi connectivity index (χ2n) is 4.57. The molecule has 0 spiro atoms. The summed E-state index contributed by atoms with van der Waals surface area (Å²) in [6.45, 7) is 4.32. The summed E-state index contributed by atoms with van der Waals surface area (Å²) in [6, 6.07) is 5.23. The fraction of sp³-hybridized carbons (Fsp3) is 0.333. The number of hydrogen-bond acceptors (Lipinski definition) is 4. The maximum Gasteiger partial charge on any atom is 0.340 e. The van der Waals surface area contributed by atoms with Crippen LogP contribution < -0.4 is 10.4 Å². The van der Waals surface area contributed by atoms with Crippen LogP contribution in [0.15, 0.2) is 27.4 Å². The smallest absolute Gasteiger partial charge is 0.340 e. The van der Waals surface area contributed by atoms with Crippen LogP contribution >= 0.6 is 0 Å². The normalized spacial score (nSPS) is 10.7. The summed E-state index contributed by atoms with van der Waals surface area (Å²) in [5, 5.41) is 9.56. The summed E-state index contributed by atoms with van der Waals surface area (Å²) in [5.74, 6) is -0.421. The van der Waals surface area contributed by atoms with E-state index < -0.39 is 11.6 Å². The molecular weight excluding hydrogens is 260 g/mol. The lowest BCUT2D eigenvalue weighted by atomic mass is 10.0. The number of rotatable bonds is 5. The van der Waals surface area contributed by atoms with E-state index in [9.17, 15) is 9.59 Å². The molecule has 106 valence electrons. The molecule has 0 aliphatic carbocycles. The van der Waals surface area contributed by atoms with Crippen molar-refractivity contribution < 1.29 is 19.1 Å². The highest BCUT2D eigenvalue weighted by Gasteiger charge is 2.14. The lowest BCUT2D eigenvalue weighted by Gasteiger charge is -2.08. The number of aryl methyl sites for hydroxylation is 1. The fourth-order valence-corrected chi connectivity index (χ4v) is 2.04. The molecule has 0 saturated heterocycles. The van der Waals surface area contributed by atoms with E-state index in [1.807, 2.05) is 6.92 Å². The van der Waals surface area contributed by atoms with Gasteiger partial charge in [0, 0.05) is 11.5 Å². The highest BCUT2D eigenvalue weighted by molar-refractivity contribution is 5.83. The first-order valence-electron chi connectivity index (χ1n) is 6.44. The van der Waals surface area contributed by atoms with Crippen LogP contribution in [0.1, 0.15) is 24.5 Å². The topological polar surface area (TPSA) is 76.7 Å². The second kappa shape index (κ2) is 5.77. The van der Waals surface area contributed by atoms with Crippen LogP contribution in [0.25, 0.3) is 11.0 Å². The van der Waals surface area contributed by atoms with Crippen molar-refractivity contribution in [1.29, 1.82) is 0 Å². The van der Waals surface area contributed by atoms with Gasteiger partial charge in [-0.1, -0.05) is 6.92 Å². The van der Waals surface area contributed by atoms with Gasteiger partial charge in [0.05, 0.1) is 18.6 Å². The molecule has 0 bridgehead atoms. The van der Waals surface area contributed by atoms with Gasteiger partial charge in [0.25, 0.3) is 0 Å². The minimum Gasteiger partial charge on any atom is -0.493 e. The number of carboxylic acids is 1. The molecule has 2 rings (SSSR count). The number of benzene rings is 1. The highest BCUT2D eigenvalue weighted by atomic mass is 16.5. The standard InChI is InChI=1S/C15H16O5/c1-3-6-19-10-4-5-11-9(2)12(8-14(16)17)15(18)20-13(11)7-10/h4-5,7H,3,6,8H2,1-2H3,(H,16,17). The lowest BCUT2D eigenvalue weighted by Crippen LogP contribution is -2.14. The van der Waals surface area contributed by atoms with Crippen LogP contribution in [-0.4, -0.2) is 17.7 Å². The quantitative estimate of drug-likeness (QED) is 0.849. The van der Waals surface area contributed by atoms with E-state index in [0.29, 0.717) is 23.5 Å². The average molecular weight is 276 g/mol. The van der Waals surface area contributed by atoms with Gasteiger partial charge >= 0.3 is 11.6 Å². The number of ether oxygens (including phenoxy) is 1. The third-order valence-corrected chi connectivity index (χ3v) is 3.06. The molecule has 0 amide bonds. The zero-order valence-corrected chi connectivity index (χ0v) is 11.4. The van der Waals surface area contributed by atoms with Gasteiger partial charge in [0.15, 0.2) is 0 Å². The maximum absolute atomic E-state index is 11.8. The monoisotopic (exact) mass is 276 g/mol. The Kier molecular flexibility index (Phi) is 4.08. The average Bonchev–Trinajstić information content (AvgIpc) is 2.40. The molecule has 2 aromatic rings. The van der Waals surface area contributed by atoms with Crippen LogP contribution in [0, 0.1) is 6.92 Å². The summed E-state index contributed by atoms with van der Waals surface area (Å²) in [6.07, 6.45) is 0.552. The molecule has 5 nitrogen and oxygen atoms in total. The molecule has 0 atom stereocenters. The minimum absolute atomic E-state index is 0.187. The molecule has 5 heteroatoms. The molecule has 0 saturated carbocycles. The van der Waals surface area contributed by atoms with Crippen molar-refractivity contribution in [2.45, 2.75) is 26.7 Å². The van der Waals surface area contributed by atoms with E-state index in [4.69, 9.17) is 14.3 Å². The van der Waals surface area contributed by atoms with Gasteiger partial charge in [0.2, 0.25) is 0 Å². The number of hydrogen-bond donors (Lipinski definition) is 1. The summed E-state index contributed by atoms with van der Waals surface area (Å²) >= 11 is 0. The van der Waals surface area contributed by atoms with Crippen LogP contribution in [0.4, 0.5) is 0 Å². The van der Waals surface area contributed by atoms with Crippen molar-refractivity contribution in [2.75, 3.05) is 6.61 Å². The van der Waals surface area contributed by atoms with E-state index >= 15 is 0 Å². The number of carboxylic acid groups (broad SMARTS) is 1. The molecule has 0 aliphatic rings.